The van der Waals surface area contributed by atoms with Crippen molar-refractivity contribution in [1.29, 1.82) is 0 Å². The molecule has 1 aromatic rings. The van der Waals surface area contributed by atoms with Gasteiger partial charge in [-0.25, -0.2) is 0 Å². The molecule has 1 amide bonds. The number of aliphatic hydroxyl groups is 2. The predicted octanol–water partition coefficient (Wildman–Crippen LogP) is 0.935. The molecule has 0 aliphatic carbocycles. The van der Waals surface area contributed by atoms with Crippen molar-refractivity contribution in [2.45, 2.75) is 19.4 Å². The third-order valence-corrected chi connectivity index (χ3v) is 4.24. The van der Waals surface area contributed by atoms with Gasteiger partial charge in [-0.1, -0.05) is 18.8 Å². The fourth-order valence-corrected chi connectivity index (χ4v) is 2.97. The van der Waals surface area contributed by atoms with Gasteiger partial charge in [-0.05, 0) is 24.5 Å². The van der Waals surface area contributed by atoms with Crippen LogP contribution in [0.25, 0.3) is 0 Å². The van der Waals surface area contributed by atoms with E-state index in [0.717, 1.165) is 4.88 Å². The molecule has 2 heterocycles. The number of piperidine rings is 1. The molecule has 2 atom stereocenters. The number of amides is 1. The minimum Gasteiger partial charge on any atom is -0.393 e. The van der Waals surface area contributed by atoms with Gasteiger partial charge in [-0.15, -0.1) is 11.3 Å². The van der Waals surface area contributed by atoms with E-state index in [4.69, 9.17) is 5.11 Å². The second kappa shape index (κ2) is 6.20. The Hall–Kier alpha value is -1.35. The van der Waals surface area contributed by atoms with Gasteiger partial charge in [0.1, 0.15) is 6.61 Å². The second-order valence-corrected chi connectivity index (χ2v) is 5.79. The zero-order chi connectivity index (χ0) is 13.8. The third kappa shape index (κ3) is 3.35. The number of carbonyl (C=O) groups is 1. The van der Waals surface area contributed by atoms with Crippen LogP contribution in [0, 0.1) is 17.8 Å². The maximum absolute atomic E-state index is 12.3. The summed E-state index contributed by atoms with van der Waals surface area (Å²) in [5, 5.41) is 18.3. The van der Waals surface area contributed by atoms with E-state index in [1.807, 2.05) is 6.92 Å². The van der Waals surface area contributed by atoms with Crippen LogP contribution in [0.4, 0.5) is 0 Å². The molecule has 0 saturated carbocycles. The molecule has 0 radical (unpaired) electrons. The summed E-state index contributed by atoms with van der Waals surface area (Å²) in [7, 11) is 0. The van der Waals surface area contributed by atoms with Gasteiger partial charge in [0.05, 0.1) is 15.9 Å². The number of thiophene rings is 1. The van der Waals surface area contributed by atoms with Crippen molar-refractivity contribution in [3.63, 3.8) is 0 Å². The predicted molar refractivity (Wildman–Crippen MR) is 74.0 cm³/mol. The first kappa shape index (κ1) is 14.1. The molecule has 2 rings (SSSR count). The van der Waals surface area contributed by atoms with Crippen molar-refractivity contribution in [3.8, 4) is 11.8 Å². The summed E-state index contributed by atoms with van der Waals surface area (Å²) in [5.41, 5.74) is 0. The Kier molecular flexibility index (Phi) is 4.59. The van der Waals surface area contributed by atoms with Crippen LogP contribution in [0.3, 0.4) is 0 Å². The van der Waals surface area contributed by atoms with Crippen LogP contribution < -0.4 is 0 Å². The fourth-order valence-electron chi connectivity index (χ4n) is 2.12. The molecule has 2 N–H and O–H groups in total. The van der Waals surface area contributed by atoms with Gasteiger partial charge in [-0.3, -0.25) is 4.79 Å². The van der Waals surface area contributed by atoms with Crippen molar-refractivity contribution in [1.82, 2.24) is 4.90 Å². The molecule has 1 aliphatic heterocycles. The molecular weight excluding hydrogens is 262 g/mol. The topological polar surface area (TPSA) is 60.8 Å². The Morgan fingerprint density at radius 3 is 3.05 bits per heavy atom. The normalized spacial score (nSPS) is 22.8. The quantitative estimate of drug-likeness (QED) is 0.752. The molecule has 4 nitrogen and oxygen atoms in total. The maximum Gasteiger partial charge on any atom is 0.263 e. The van der Waals surface area contributed by atoms with Crippen LogP contribution >= 0.6 is 11.3 Å². The smallest absolute Gasteiger partial charge is 0.263 e. The highest BCUT2D eigenvalue weighted by Crippen LogP contribution is 2.22. The summed E-state index contributed by atoms with van der Waals surface area (Å²) in [6, 6.07) is 3.56. The average molecular weight is 279 g/mol. The first-order chi connectivity index (χ1) is 9.11. The standard InChI is InChI=1S/C14H17NO3S/c1-10-9-15(7-6-12(10)17)14(18)13-5-4-11(19-13)3-2-8-16/h4-5,10,12,16-17H,6-9H2,1H3. The zero-order valence-electron chi connectivity index (χ0n) is 10.8. The van der Waals surface area contributed by atoms with Gasteiger partial charge in [0.15, 0.2) is 0 Å². The summed E-state index contributed by atoms with van der Waals surface area (Å²) < 4.78 is 0. The van der Waals surface area contributed by atoms with Crippen molar-refractivity contribution < 1.29 is 15.0 Å². The van der Waals surface area contributed by atoms with E-state index in [9.17, 15) is 9.90 Å². The van der Waals surface area contributed by atoms with Gasteiger partial charge in [0.2, 0.25) is 0 Å². The summed E-state index contributed by atoms with van der Waals surface area (Å²) >= 11 is 1.34. The fraction of sp³-hybridized carbons (Fsp3) is 0.500. The first-order valence-electron chi connectivity index (χ1n) is 6.28. The Bertz CT molecular complexity index is 514. The molecule has 1 fully saturated rings. The molecule has 2 unspecified atom stereocenters. The number of carbonyl (C=O) groups excluding carboxylic acids is 1. The number of aliphatic hydroxyl groups excluding tert-OH is 2. The molecule has 0 bridgehead atoms. The number of likely N-dealkylation sites (tertiary alicyclic amines) is 1. The Labute approximate surface area is 116 Å². The molecule has 1 aromatic heterocycles. The van der Waals surface area contributed by atoms with Crippen LogP contribution in [-0.4, -0.2) is 46.8 Å². The van der Waals surface area contributed by atoms with Gasteiger partial charge in [0.25, 0.3) is 5.91 Å². The lowest BCUT2D eigenvalue weighted by molar-refractivity contribution is 0.0300. The first-order valence-corrected chi connectivity index (χ1v) is 7.10. The van der Waals surface area contributed by atoms with Gasteiger partial charge >= 0.3 is 0 Å². The molecule has 19 heavy (non-hydrogen) atoms. The molecule has 1 aliphatic rings. The lowest BCUT2D eigenvalue weighted by Crippen LogP contribution is -2.44. The number of rotatable bonds is 1. The van der Waals surface area contributed by atoms with E-state index in [1.54, 1.807) is 17.0 Å². The number of hydrogen-bond acceptors (Lipinski definition) is 4. The van der Waals surface area contributed by atoms with Gasteiger partial charge in [-0.2, -0.15) is 0 Å². The largest absolute Gasteiger partial charge is 0.393 e. The maximum atomic E-state index is 12.3. The molecule has 1 saturated heterocycles. The van der Waals surface area contributed by atoms with Gasteiger partial charge in [0, 0.05) is 13.1 Å². The lowest BCUT2D eigenvalue weighted by atomic mass is 9.97. The third-order valence-electron chi connectivity index (χ3n) is 3.25. The highest BCUT2D eigenvalue weighted by Gasteiger charge is 2.28. The molecule has 102 valence electrons. The van der Waals surface area contributed by atoms with Crippen LogP contribution in [0.1, 0.15) is 27.9 Å². The van der Waals surface area contributed by atoms with Crippen LogP contribution in [0.2, 0.25) is 0 Å². The molecule has 0 spiro atoms. The summed E-state index contributed by atoms with van der Waals surface area (Å²) in [6.07, 6.45) is 0.327. The lowest BCUT2D eigenvalue weighted by Gasteiger charge is -2.34. The highest BCUT2D eigenvalue weighted by atomic mass is 32.1. The summed E-state index contributed by atoms with van der Waals surface area (Å²) in [6.45, 7) is 2.97. The van der Waals surface area contributed by atoms with Crippen molar-refractivity contribution >= 4 is 17.2 Å². The number of nitrogens with zero attached hydrogens (tertiary/aromatic N) is 1. The van der Waals surface area contributed by atoms with E-state index >= 15 is 0 Å². The Morgan fingerprint density at radius 2 is 2.37 bits per heavy atom. The van der Waals surface area contributed by atoms with Crippen molar-refractivity contribution in [3.05, 3.63) is 21.9 Å². The average Bonchev–Trinajstić information content (AvgIpc) is 2.87. The highest BCUT2D eigenvalue weighted by molar-refractivity contribution is 7.14. The van der Waals surface area contributed by atoms with E-state index in [2.05, 4.69) is 11.8 Å². The Balaban J connectivity index is 2.05. The van der Waals surface area contributed by atoms with Crippen LogP contribution in [-0.2, 0) is 0 Å². The number of hydrogen-bond donors (Lipinski definition) is 2. The zero-order valence-corrected chi connectivity index (χ0v) is 11.6. The molecule has 0 aromatic carbocycles. The van der Waals surface area contributed by atoms with Crippen LogP contribution in [0.5, 0.6) is 0 Å². The summed E-state index contributed by atoms with van der Waals surface area (Å²) in [5.74, 6) is 5.48. The second-order valence-electron chi connectivity index (χ2n) is 4.71. The monoisotopic (exact) mass is 279 g/mol. The summed E-state index contributed by atoms with van der Waals surface area (Å²) in [4.78, 5) is 15.5. The van der Waals surface area contributed by atoms with Gasteiger partial charge < -0.3 is 15.1 Å². The molecule has 5 heteroatoms. The minimum absolute atomic E-state index is 0.000739. The minimum atomic E-state index is -0.307. The van der Waals surface area contributed by atoms with Crippen LogP contribution in [0.15, 0.2) is 12.1 Å². The van der Waals surface area contributed by atoms with E-state index in [-0.39, 0.29) is 24.5 Å². The SMILES string of the molecule is CC1CN(C(=O)c2ccc(C#CCO)s2)CCC1O. The van der Waals surface area contributed by atoms with E-state index in [0.29, 0.717) is 24.4 Å². The van der Waals surface area contributed by atoms with E-state index in [1.165, 1.54) is 11.3 Å². The van der Waals surface area contributed by atoms with E-state index < -0.39 is 0 Å². The Morgan fingerprint density at radius 1 is 1.58 bits per heavy atom. The van der Waals surface area contributed by atoms with Crippen molar-refractivity contribution in [2.75, 3.05) is 19.7 Å². The molecular formula is C14H17NO3S. The van der Waals surface area contributed by atoms with Crippen molar-refractivity contribution in [2.24, 2.45) is 5.92 Å².